The van der Waals surface area contributed by atoms with E-state index in [1.165, 1.54) is 12.8 Å². The number of phenols is 1. The molecule has 2 rings (SSSR count). The van der Waals surface area contributed by atoms with Gasteiger partial charge in [-0.2, -0.15) is 0 Å². The SMILES string of the molecule is Cc1cccc(CNC(CNC(=O)OC(C)(C)C)C2CC2)c1O. The fourth-order valence-corrected chi connectivity index (χ4v) is 2.51. The van der Waals surface area contributed by atoms with Gasteiger partial charge < -0.3 is 20.5 Å². The fourth-order valence-electron chi connectivity index (χ4n) is 2.51. The van der Waals surface area contributed by atoms with Gasteiger partial charge in [0.05, 0.1) is 0 Å². The van der Waals surface area contributed by atoms with E-state index in [2.05, 4.69) is 10.6 Å². The van der Waals surface area contributed by atoms with Crippen molar-refractivity contribution in [3.63, 3.8) is 0 Å². The van der Waals surface area contributed by atoms with Gasteiger partial charge in [0.2, 0.25) is 0 Å². The molecule has 128 valence electrons. The van der Waals surface area contributed by atoms with Crippen molar-refractivity contribution in [3.8, 4) is 5.75 Å². The van der Waals surface area contributed by atoms with Crippen LogP contribution in [0, 0.1) is 12.8 Å². The zero-order valence-electron chi connectivity index (χ0n) is 14.5. The van der Waals surface area contributed by atoms with Crippen LogP contribution in [-0.2, 0) is 11.3 Å². The molecule has 1 aromatic carbocycles. The minimum atomic E-state index is -0.486. The lowest BCUT2D eigenvalue weighted by Crippen LogP contribution is -2.43. The summed E-state index contributed by atoms with van der Waals surface area (Å²) < 4.78 is 5.27. The van der Waals surface area contributed by atoms with E-state index in [0.717, 1.165) is 11.1 Å². The summed E-state index contributed by atoms with van der Waals surface area (Å²) in [7, 11) is 0. The van der Waals surface area contributed by atoms with Crippen molar-refractivity contribution in [1.29, 1.82) is 0 Å². The smallest absolute Gasteiger partial charge is 0.407 e. The maximum absolute atomic E-state index is 11.8. The third-order valence-corrected chi connectivity index (χ3v) is 3.93. The molecular formula is C18H28N2O3. The molecule has 1 aliphatic rings. The Hall–Kier alpha value is -1.75. The lowest BCUT2D eigenvalue weighted by atomic mass is 10.1. The highest BCUT2D eigenvalue weighted by atomic mass is 16.6. The molecule has 1 unspecified atom stereocenters. The first kappa shape index (κ1) is 17.6. The third-order valence-electron chi connectivity index (χ3n) is 3.93. The van der Waals surface area contributed by atoms with Gasteiger partial charge in [-0.25, -0.2) is 4.79 Å². The summed E-state index contributed by atoms with van der Waals surface area (Å²) in [5.74, 6) is 0.923. The van der Waals surface area contributed by atoms with Crippen LogP contribution >= 0.6 is 0 Å². The Kier molecular flexibility index (Phi) is 5.52. The van der Waals surface area contributed by atoms with E-state index in [1.807, 2.05) is 45.9 Å². The minimum Gasteiger partial charge on any atom is -0.507 e. The Morgan fingerprint density at radius 2 is 2.09 bits per heavy atom. The van der Waals surface area contributed by atoms with E-state index >= 15 is 0 Å². The highest BCUT2D eigenvalue weighted by molar-refractivity contribution is 5.67. The molecule has 0 aliphatic heterocycles. The standard InChI is InChI=1S/C18H28N2O3/c1-12-6-5-7-14(16(12)21)10-19-15(13-8-9-13)11-20-17(22)23-18(2,3)4/h5-7,13,15,19,21H,8-11H2,1-4H3,(H,20,22). The predicted octanol–water partition coefficient (Wildman–Crippen LogP) is 3.09. The zero-order chi connectivity index (χ0) is 17.0. The van der Waals surface area contributed by atoms with Crippen molar-refractivity contribution in [2.45, 2.75) is 58.7 Å². The van der Waals surface area contributed by atoms with Gasteiger partial charge in [-0.05, 0) is 52.0 Å². The number of carbonyl (C=O) groups is 1. The Labute approximate surface area is 138 Å². The van der Waals surface area contributed by atoms with Gasteiger partial charge in [0.25, 0.3) is 0 Å². The van der Waals surface area contributed by atoms with Crippen molar-refractivity contribution in [1.82, 2.24) is 10.6 Å². The topological polar surface area (TPSA) is 70.6 Å². The van der Waals surface area contributed by atoms with Crippen LogP contribution in [0.15, 0.2) is 18.2 Å². The normalized spacial score (nSPS) is 16.0. The van der Waals surface area contributed by atoms with E-state index < -0.39 is 5.60 Å². The molecule has 0 bridgehead atoms. The van der Waals surface area contributed by atoms with Crippen molar-refractivity contribution in [3.05, 3.63) is 29.3 Å². The van der Waals surface area contributed by atoms with E-state index in [1.54, 1.807) is 0 Å². The molecule has 1 aliphatic carbocycles. The maximum atomic E-state index is 11.8. The predicted molar refractivity (Wildman–Crippen MR) is 90.4 cm³/mol. The molecule has 0 heterocycles. The molecule has 1 saturated carbocycles. The van der Waals surface area contributed by atoms with Crippen LogP contribution in [0.25, 0.3) is 0 Å². The molecule has 1 amide bonds. The summed E-state index contributed by atoms with van der Waals surface area (Å²) in [5, 5.41) is 16.4. The molecule has 5 heteroatoms. The minimum absolute atomic E-state index is 0.197. The van der Waals surface area contributed by atoms with Crippen LogP contribution in [0.2, 0.25) is 0 Å². The van der Waals surface area contributed by atoms with Crippen LogP contribution in [-0.4, -0.2) is 29.4 Å². The van der Waals surface area contributed by atoms with Gasteiger partial charge in [0.1, 0.15) is 11.4 Å². The Balaban J connectivity index is 1.85. The molecule has 1 atom stereocenters. The van der Waals surface area contributed by atoms with Gasteiger partial charge in [-0.1, -0.05) is 18.2 Å². The Morgan fingerprint density at radius 1 is 1.39 bits per heavy atom. The number of rotatable bonds is 6. The monoisotopic (exact) mass is 320 g/mol. The first-order valence-electron chi connectivity index (χ1n) is 8.24. The van der Waals surface area contributed by atoms with Crippen LogP contribution in [0.5, 0.6) is 5.75 Å². The largest absolute Gasteiger partial charge is 0.507 e. The van der Waals surface area contributed by atoms with Gasteiger partial charge in [0.15, 0.2) is 0 Å². The van der Waals surface area contributed by atoms with Crippen LogP contribution < -0.4 is 10.6 Å². The first-order chi connectivity index (χ1) is 10.8. The summed E-state index contributed by atoms with van der Waals surface area (Å²) in [4.78, 5) is 11.8. The number of aromatic hydroxyl groups is 1. The molecule has 1 fully saturated rings. The highest BCUT2D eigenvalue weighted by Crippen LogP contribution is 2.33. The molecule has 3 N–H and O–H groups in total. The van der Waals surface area contributed by atoms with Gasteiger partial charge in [-0.15, -0.1) is 0 Å². The number of carbonyl (C=O) groups excluding carboxylic acids is 1. The summed E-state index contributed by atoms with van der Waals surface area (Å²) >= 11 is 0. The van der Waals surface area contributed by atoms with Gasteiger partial charge in [-0.3, -0.25) is 0 Å². The van der Waals surface area contributed by atoms with Crippen LogP contribution in [0.3, 0.4) is 0 Å². The molecule has 5 nitrogen and oxygen atoms in total. The number of hydrogen-bond acceptors (Lipinski definition) is 4. The fraction of sp³-hybridized carbons (Fsp3) is 0.611. The summed E-state index contributed by atoms with van der Waals surface area (Å²) in [6.45, 7) is 8.56. The number of phenolic OH excluding ortho intramolecular Hbond substituents is 1. The van der Waals surface area contributed by atoms with E-state index in [9.17, 15) is 9.90 Å². The van der Waals surface area contributed by atoms with Crippen LogP contribution in [0.4, 0.5) is 4.79 Å². The van der Waals surface area contributed by atoms with Gasteiger partial charge >= 0.3 is 6.09 Å². The maximum Gasteiger partial charge on any atom is 0.407 e. The Bertz CT molecular complexity index is 548. The lowest BCUT2D eigenvalue weighted by Gasteiger charge is -2.23. The number of nitrogens with one attached hydrogen (secondary N) is 2. The van der Waals surface area contributed by atoms with Crippen molar-refractivity contribution in [2.75, 3.05) is 6.54 Å². The second kappa shape index (κ2) is 7.21. The van der Waals surface area contributed by atoms with Crippen LogP contribution in [0.1, 0.15) is 44.7 Å². The molecule has 23 heavy (non-hydrogen) atoms. The molecule has 0 aromatic heterocycles. The number of para-hydroxylation sites is 1. The summed E-state index contributed by atoms with van der Waals surface area (Å²) in [5.41, 5.74) is 1.27. The third kappa shape index (κ3) is 5.75. The van der Waals surface area contributed by atoms with Gasteiger partial charge in [0, 0.05) is 24.7 Å². The highest BCUT2D eigenvalue weighted by Gasteiger charge is 2.31. The Morgan fingerprint density at radius 3 is 2.70 bits per heavy atom. The number of alkyl carbamates (subject to hydrolysis) is 1. The number of amides is 1. The number of hydrogen-bond donors (Lipinski definition) is 3. The number of ether oxygens (including phenoxy) is 1. The summed E-state index contributed by atoms with van der Waals surface area (Å²) in [6.07, 6.45) is 1.96. The lowest BCUT2D eigenvalue weighted by molar-refractivity contribution is 0.0521. The van der Waals surface area contributed by atoms with Crippen molar-refractivity contribution < 1.29 is 14.6 Å². The quantitative estimate of drug-likeness (QED) is 0.753. The molecule has 0 radical (unpaired) electrons. The van der Waals surface area contributed by atoms with E-state index in [-0.39, 0.29) is 12.1 Å². The molecule has 0 spiro atoms. The van der Waals surface area contributed by atoms with Crippen molar-refractivity contribution >= 4 is 6.09 Å². The van der Waals surface area contributed by atoms with E-state index in [0.29, 0.717) is 24.8 Å². The average molecular weight is 320 g/mol. The molecule has 1 aromatic rings. The first-order valence-corrected chi connectivity index (χ1v) is 8.24. The zero-order valence-corrected chi connectivity index (χ0v) is 14.5. The second-order valence-corrected chi connectivity index (χ2v) is 7.29. The van der Waals surface area contributed by atoms with E-state index in [4.69, 9.17) is 4.74 Å². The molecular weight excluding hydrogens is 292 g/mol. The number of benzene rings is 1. The number of aryl methyl sites for hydroxylation is 1. The summed E-state index contributed by atoms with van der Waals surface area (Å²) in [6, 6.07) is 5.95. The second-order valence-electron chi connectivity index (χ2n) is 7.29. The van der Waals surface area contributed by atoms with Crippen molar-refractivity contribution in [2.24, 2.45) is 5.92 Å². The average Bonchev–Trinajstić information content (AvgIpc) is 3.25. The molecule has 0 saturated heterocycles.